The quantitative estimate of drug-likeness (QED) is 0.599. The zero-order chi connectivity index (χ0) is 13.1. The summed E-state index contributed by atoms with van der Waals surface area (Å²) < 4.78 is 26.1. The summed E-state index contributed by atoms with van der Waals surface area (Å²) in [5.74, 6) is -2.00. The van der Waals surface area contributed by atoms with E-state index < -0.39 is 17.4 Å². The van der Waals surface area contributed by atoms with Crippen molar-refractivity contribution < 1.29 is 13.6 Å². The molecular weight excluding hydrogens is 254 g/mol. The van der Waals surface area contributed by atoms with Crippen molar-refractivity contribution in [2.75, 3.05) is 0 Å². The van der Waals surface area contributed by atoms with Gasteiger partial charge in [0, 0.05) is 10.9 Å². The molecule has 1 aromatic heterocycles. The van der Waals surface area contributed by atoms with Crippen LogP contribution in [0.3, 0.4) is 0 Å². The van der Waals surface area contributed by atoms with Crippen molar-refractivity contribution in [1.82, 2.24) is 0 Å². The maximum absolute atomic E-state index is 13.4. The Kier molecular flexibility index (Phi) is 3.67. The number of ketones is 1. The molecule has 1 heterocycles. The normalized spacial score (nSPS) is 11.1. The average Bonchev–Trinajstić information content (AvgIpc) is 2.72. The van der Waals surface area contributed by atoms with Crippen LogP contribution in [-0.2, 0) is 0 Å². The predicted octanol–water partition coefficient (Wildman–Crippen LogP) is 4.23. The van der Waals surface area contributed by atoms with E-state index in [1.807, 2.05) is 18.4 Å². The Hall–Kier alpha value is -1.81. The van der Waals surface area contributed by atoms with Gasteiger partial charge in [0.2, 0.25) is 0 Å². The van der Waals surface area contributed by atoms with E-state index in [0.717, 1.165) is 22.6 Å². The lowest BCUT2D eigenvalue weighted by atomic mass is 10.1. The summed E-state index contributed by atoms with van der Waals surface area (Å²) >= 11 is 1.50. The maximum Gasteiger partial charge on any atom is 0.188 e. The molecule has 0 unspecified atom stereocenters. The maximum atomic E-state index is 13.4. The highest BCUT2D eigenvalue weighted by atomic mass is 32.1. The Morgan fingerprint density at radius 1 is 1.28 bits per heavy atom. The fourth-order valence-corrected chi connectivity index (χ4v) is 2.30. The summed E-state index contributed by atoms with van der Waals surface area (Å²) in [5.41, 5.74) is 0.936. The zero-order valence-electron chi connectivity index (χ0n) is 9.61. The molecule has 0 aliphatic heterocycles. The van der Waals surface area contributed by atoms with Gasteiger partial charge in [0.1, 0.15) is 11.6 Å². The SMILES string of the molecule is Cc1ccsc1/C=C/C(=O)c1ccc(F)cc1F. The standard InChI is InChI=1S/C14H10F2OS/c1-9-6-7-18-14(9)5-4-13(17)11-3-2-10(15)8-12(11)16/h2-8H,1H3/b5-4+. The molecule has 4 heteroatoms. The van der Waals surface area contributed by atoms with Crippen LogP contribution in [0, 0.1) is 18.6 Å². The minimum atomic E-state index is -0.840. The highest BCUT2D eigenvalue weighted by molar-refractivity contribution is 7.11. The minimum absolute atomic E-state index is 0.123. The van der Waals surface area contributed by atoms with E-state index >= 15 is 0 Å². The van der Waals surface area contributed by atoms with Gasteiger partial charge < -0.3 is 0 Å². The number of hydrogen-bond acceptors (Lipinski definition) is 2. The Morgan fingerprint density at radius 2 is 2.06 bits per heavy atom. The van der Waals surface area contributed by atoms with E-state index in [9.17, 15) is 13.6 Å². The molecule has 2 rings (SSSR count). The Labute approximate surface area is 107 Å². The number of halogens is 2. The van der Waals surface area contributed by atoms with Gasteiger partial charge in [-0.05, 0) is 48.2 Å². The zero-order valence-corrected chi connectivity index (χ0v) is 10.4. The van der Waals surface area contributed by atoms with Crippen LogP contribution in [0.15, 0.2) is 35.7 Å². The Balaban J connectivity index is 2.22. The first-order chi connectivity index (χ1) is 8.58. The number of aryl methyl sites for hydroxylation is 1. The predicted molar refractivity (Wildman–Crippen MR) is 68.8 cm³/mol. The van der Waals surface area contributed by atoms with Crippen LogP contribution >= 0.6 is 11.3 Å². The van der Waals surface area contributed by atoms with Crippen molar-refractivity contribution in [3.63, 3.8) is 0 Å². The largest absolute Gasteiger partial charge is 0.289 e. The van der Waals surface area contributed by atoms with Crippen molar-refractivity contribution >= 4 is 23.2 Å². The van der Waals surface area contributed by atoms with Crippen LogP contribution in [0.5, 0.6) is 0 Å². The van der Waals surface area contributed by atoms with E-state index in [1.165, 1.54) is 17.4 Å². The molecule has 0 saturated carbocycles. The number of carbonyl (C=O) groups excluding carboxylic acids is 1. The van der Waals surface area contributed by atoms with Gasteiger partial charge >= 0.3 is 0 Å². The third-order valence-electron chi connectivity index (χ3n) is 2.48. The van der Waals surface area contributed by atoms with Crippen molar-refractivity contribution in [3.05, 3.63) is 63.4 Å². The number of thiophene rings is 1. The van der Waals surface area contributed by atoms with Crippen LogP contribution in [0.25, 0.3) is 6.08 Å². The van der Waals surface area contributed by atoms with Gasteiger partial charge in [-0.3, -0.25) is 4.79 Å². The van der Waals surface area contributed by atoms with E-state index in [2.05, 4.69) is 0 Å². The highest BCUT2D eigenvalue weighted by Crippen LogP contribution is 2.18. The number of carbonyl (C=O) groups is 1. The Morgan fingerprint density at radius 3 is 2.67 bits per heavy atom. The van der Waals surface area contributed by atoms with Crippen LogP contribution in [0.4, 0.5) is 8.78 Å². The fourth-order valence-electron chi connectivity index (χ4n) is 1.49. The van der Waals surface area contributed by atoms with Crippen LogP contribution < -0.4 is 0 Å². The molecule has 2 aromatic rings. The molecule has 92 valence electrons. The van der Waals surface area contributed by atoms with Gasteiger partial charge in [-0.1, -0.05) is 0 Å². The second-order valence-corrected chi connectivity index (χ2v) is 4.74. The Bertz CT molecular complexity index is 614. The molecule has 1 aromatic carbocycles. The molecule has 0 saturated heterocycles. The van der Waals surface area contributed by atoms with E-state index in [1.54, 1.807) is 6.08 Å². The number of benzene rings is 1. The molecule has 0 aliphatic rings. The van der Waals surface area contributed by atoms with Crippen LogP contribution in [0.2, 0.25) is 0 Å². The van der Waals surface area contributed by atoms with E-state index in [4.69, 9.17) is 0 Å². The van der Waals surface area contributed by atoms with E-state index in [0.29, 0.717) is 6.07 Å². The lowest BCUT2D eigenvalue weighted by Gasteiger charge is -1.98. The molecule has 0 atom stereocenters. The second-order valence-electron chi connectivity index (χ2n) is 3.79. The molecule has 0 fully saturated rings. The smallest absolute Gasteiger partial charge is 0.188 e. The summed E-state index contributed by atoms with van der Waals surface area (Å²) in [6.07, 6.45) is 2.94. The van der Waals surface area contributed by atoms with Crippen molar-refractivity contribution in [2.45, 2.75) is 6.92 Å². The van der Waals surface area contributed by atoms with Crippen LogP contribution in [0.1, 0.15) is 20.8 Å². The third-order valence-corrected chi connectivity index (χ3v) is 3.47. The topological polar surface area (TPSA) is 17.1 Å². The molecule has 0 N–H and O–H groups in total. The molecule has 0 radical (unpaired) electrons. The minimum Gasteiger partial charge on any atom is -0.289 e. The first kappa shape index (κ1) is 12.6. The molecule has 1 nitrogen and oxygen atoms in total. The van der Waals surface area contributed by atoms with Gasteiger partial charge in [0.25, 0.3) is 0 Å². The summed E-state index contributed by atoms with van der Waals surface area (Å²) in [7, 11) is 0. The van der Waals surface area contributed by atoms with Gasteiger partial charge in [-0.25, -0.2) is 8.78 Å². The van der Waals surface area contributed by atoms with Crippen molar-refractivity contribution in [1.29, 1.82) is 0 Å². The molecule has 0 bridgehead atoms. The highest BCUT2D eigenvalue weighted by Gasteiger charge is 2.09. The van der Waals surface area contributed by atoms with Gasteiger partial charge in [0.05, 0.1) is 5.56 Å². The summed E-state index contributed by atoms with van der Waals surface area (Å²) in [6.45, 7) is 1.93. The number of rotatable bonds is 3. The molecule has 0 spiro atoms. The third kappa shape index (κ3) is 2.71. The molecular formula is C14H10F2OS. The summed E-state index contributed by atoms with van der Waals surface area (Å²) in [6, 6.07) is 4.87. The lowest BCUT2D eigenvalue weighted by molar-refractivity contribution is 0.104. The molecule has 18 heavy (non-hydrogen) atoms. The second kappa shape index (κ2) is 5.23. The first-order valence-electron chi connectivity index (χ1n) is 5.29. The number of hydrogen-bond donors (Lipinski definition) is 0. The van der Waals surface area contributed by atoms with Gasteiger partial charge in [-0.2, -0.15) is 0 Å². The fraction of sp³-hybridized carbons (Fsp3) is 0.0714. The van der Waals surface area contributed by atoms with E-state index in [-0.39, 0.29) is 5.56 Å². The monoisotopic (exact) mass is 264 g/mol. The van der Waals surface area contributed by atoms with Crippen molar-refractivity contribution in [3.8, 4) is 0 Å². The van der Waals surface area contributed by atoms with Crippen LogP contribution in [-0.4, -0.2) is 5.78 Å². The summed E-state index contributed by atoms with van der Waals surface area (Å²) in [5, 5.41) is 1.91. The lowest BCUT2D eigenvalue weighted by Crippen LogP contribution is -1.99. The first-order valence-corrected chi connectivity index (χ1v) is 6.17. The molecule has 0 amide bonds. The van der Waals surface area contributed by atoms with Gasteiger partial charge in [0.15, 0.2) is 5.78 Å². The number of allylic oxidation sites excluding steroid dienone is 1. The van der Waals surface area contributed by atoms with Crippen molar-refractivity contribution in [2.24, 2.45) is 0 Å². The average molecular weight is 264 g/mol. The van der Waals surface area contributed by atoms with Gasteiger partial charge in [-0.15, -0.1) is 11.3 Å². The molecule has 0 aliphatic carbocycles. The summed E-state index contributed by atoms with van der Waals surface area (Å²) in [4.78, 5) is 12.7.